The fourth-order valence-corrected chi connectivity index (χ4v) is 3.05. The molecule has 160 valence electrons. The standard InChI is InChI=1S/C24H30N2O4/c1-5-6-7-14-25-24(29)26(3)20-13-8-17(2)21(16-20)19-11-9-18(10-12-19)15-22(30-4)23(27)28/h8-13,15-16H,5-7,14H2,1-4H3,(H,25,29)(H,27,28). The van der Waals surface area contributed by atoms with Crippen molar-refractivity contribution in [1.82, 2.24) is 5.32 Å². The van der Waals surface area contributed by atoms with Gasteiger partial charge >= 0.3 is 12.0 Å². The molecule has 0 saturated heterocycles. The Morgan fingerprint density at radius 3 is 2.43 bits per heavy atom. The van der Waals surface area contributed by atoms with E-state index in [0.29, 0.717) is 6.54 Å². The number of amides is 2. The van der Waals surface area contributed by atoms with E-state index < -0.39 is 5.97 Å². The van der Waals surface area contributed by atoms with Gasteiger partial charge < -0.3 is 15.2 Å². The van der Waals surface area contributed by atoms with E-state index in [1.807, 2.05) is 49.4 Å². The largest absolute Gasteiger partial charge is 0.490 e. The van der Waals surface area contributed by atoms with Crippen LogP contribution in [0.5, 0.6) is 0 Å². The summed E-state index contributed by atoms with van der Waals surface area (Å²) in [6.45, 7) is 4.82. The summed E-state index contributed by atoms with van der Waals surface area (Å²) in [6.07, 6.45) is 4.67. The number of nitrogens with zero attached hydrogens (tertiary/aromatic N) is 1. The lowest BCUT2D eigenvalue weighted by Gasteiger charge is -2.20. The van der Waals surface area contributed by atoms with Crippen molar-refractivity contribution in [1.29, 1.82) is 0 Å². The fraction of sp³-hybridized carbons (Fsp3) is 0.333. The number of carboxylic acid groups (broad SMARTS) is 1. The first-order valence-electron chi connectivity index (χ1n) is 10.1. The van der Waals surface area contributed by atoms with Crippen molar-refractivity contribution in [3.8, 4) is 11.1 Å². The van der Waals surface area contributed by atoms with Crippen molar-refractivity contribution in [2.75, 3.05) is 25.6 Å². The molecule has 0 aliphatic rings. The molecule has 0 spiro atoms. The number of benzene rings is 2. The first kappa shape index (κ1) is 23.0. The first-order chi connectivity index (χ1) is 14.4. The number of hydrogen-bond donors (Lipinski definition) is 2. The molecule has 0 unspecified atom stereocenters. The quantitative estimate of drug-likeness (QED) is 0.344. The van der Waals surface area contributed by atoms with Crippen molar-refractivity contribution in [2.24, 2.45) is 0 Å². The van der Waals surface area contributed by atoms with Gasteiger partial charge in [-0.1, -0.05) is 50.1 Å². The Hall–Kier alpha value is -3.28. The molecule has 2 amide bonds. The highest BCUT2D eigenvalue weighted by Gasteiger charge is 2.13. The van der Waals surface area contributed by atoms with Crippen LogP contribution in [0.3, 0.4) is 0 Å². The van der Waals surface area contributed by atoms with Gasteiger partial charge in [-0.3, -0.25) is 4.90 Å². The maximum atomic E-state index is 12.4. The van der Waals surface area contributed by atoms with E-state index in [1.165, 1.54) is 13.2 Å². The van der Waals surface area contributed by atoms with E-state index >= 15 is 0 Å². The number of nitrogens with one attached hydrogen (secondary N) is 1. The molecule has 0 atom stereocenters. The number of urea groups is 1. The molecule has 2 N–H and O–H groups in total. The van der Waals surface area contributed by atoms with E-state index in [2.05, 4.69) is 12.2 Å². The Labute approximate surface area is 178 Å². The van der Waals surface area contributed by atoms with E-state index in [-0.39, 0.29) is 11.8 Å². The lowest BCUT2D eigenvalue weighted by atomic mass is 9.98. The normalized spacial score (nSPS) is 11.1. The molecule has 0 aliphatic carbocycles. The van der Waals surface area contributed by atoms with E-state index in [1.54, 1.807) is 11.9 Å². The zero-order valence-electron chi connectivity index (χ0n) is 18.1. The number of anilines is 1. The summed E-state index contributed by atoms with van der Waals surface area (Å²) in [5.74, 6) is -1.23. The molecule has 0 saturated carbocycles. The van der Waals surface area contributed by atoms with Crippen LogP contribution in [0.15, 0.2) is 48.2 Å². The van der Waals surface area contributed by atoms with Crippen LogP contribution in [0.1, 0.15) is 37.3 Å². The summed E-state index contributed by atoms with van der Waals surface area (Å²) in [6, 6.07) is 13.3. The Kier molecular flexibility index (Phi) is 8.47. The van der Waals surface area contributed by atoms with Crippen LogP contribution in [0.25, 0.3) is 17.2 Å². The van der Waals surface area contributed by atoms with Crippen LogP contribution < -0.4 is 10.2 Å². The smallest absolute Gasteiger partial charge is 0.371 e. The third-order valence-electron chi connectivity index (χ3n) is 4.92. The summed E-state index contributed by atoms with van der Waals surface area (Å²) in [7, 11) is 3.09. The molecule has 2 aromatic carbocycles. The minimum Gasteiger partial charge on any atom is -0.490 e. The third-order valence-corrected chi connectivity index (χ3v) is 4.92. The summed E-state index contributed by atoms with van der Waals surface area (Å²) in [4.78, 5) is 25.1. The number of rotatable bonds is 9. The molecule has 0 aliphatic heterocycles. The topological polar surface area (TPSA) is 78.9 Å². The van der Waals surface area contributed by atoms with Gasteiger partial charge in [0.25, 0.3) is 0 Å². The zero-order chi connectivity index (χ0) is 22.1. The Morgan fingerprint density at radius 1 is 1.13 bits per heavy atom. The van der Waals surface area contributed by atoms with Crippen molar-refractivity contribution >= 4 is 23.8 Å². The molecule has 0 bridgehead atoms. The maximum Gasteiger partial charge on any atom is 0.371 e. The maximum absolute atomic E-state index is 12.4. The molecule has 0 fully saturated rings. The van der Waals surface area contributed by atoms with Gasteiger partial charge in [0.2, 0.25) is 5.76 Å². The summed E-state index contributed by atoms with van der Waals surface area (Å²) >= 11 is 0. The highest BCUT2D eigenvalue weighted by molar-refractivity contribution is 5.92. The summed E-state index contributed by atoms with van der Waals surface area (Å²) in [5, 5.41) is 12.0. The molecule has 2 rings (SSSR count). The molecule has 0 heterocycles. The van der Waals surface area contributed by atoms with Gasteiger partial charge in [0.05, 0.1) is 7.11 Å². The van der Waals surface area contributed by atoms with E-state index in [9.17, 15) is 9.59 Å². The van der Waals surface area contributed by atoms with Crippen molar-refractivity contribution in [2.45, 2.75) is 33.1 Å². The summed E-state index contributed by atoms with van der Waals surface area (Å²) in [5.41, 5.74) is 4.62. The molecule has 2 aromatic rings. The average Bonchev–Trinajstić information content (AvgIpc) is 2.75. The number of carboxylic acids is 1. The lowest BCUT2D eigenvalue weighted by Crippen LogP contribution is -2.37. The predicted octanol–water partition coefficient (Wildman–Crippen LogP) is 5.07. The number of carbonyl (C=O) groups is 2. The zero-order valence-corrected chi connectivity index (χ0v) is 18.1. The molecular formula is C24H30N2O4. The highest BCUT2D eigenvalue weighted by Crippen LogP contribution is 2.28. The number of unbranched alkanes of at least 4 members (excludes halogenated alkanes) is 2. The van der Waals surface area contributed by atoms with Gasteiger partial charge in [0.1, 0.15) is 0 Å². The predicted molar refractivity (Wildman–Crippen MR) is 121 cm³/mol. The molecule has 0 aromatic heterocycles. The Bertz CT molecular complexity index is 904. The van der Waals surface area contributed by atoms with Crippen LogP contribution in [-0.2, 0) is 9.53 Å². The minimum absolute atomic E-state index is 0.118. The number of aliphatic carboxylic acids is 1. The second-order valence-electron chi connectivity index (χ2n) is 7.14. The Morgan fingerprint density at radius 2 is 1.83 bits per heavy atom. The monoisotopic (exact) mass is 410 g/mol. The fourth-order valence-electron chi connectivity index (χ4n) is 3.05. The third kappa shape index (κ3) is 6.11. The van der Waals surface area contributed by atoms with Crippen molar-refractivity contribution in [3.05, 3.63) is 59.4 Å². The van der Waals surface area contributed by atoms with Crippen molar-refractivity contribution < 1.29 is 19.4 Å². The van der Waals surface area contributed by atoms with Gasteiger partial charge in [-0.25, -0.2) is 9.59 Å². The number of ether oxygens (including phenoxy) is 1. The SMILES string of the molecule is CCCCCNC(=O)N(C)c1ccc(C)c(-c2ccc(C=C(OC)C(=O)O)cc2)c1. The van der Waals surface area contributed by atoms with Gasteiger partial charge in [-0.15, -0.1) is 0 Å². The number of aryl methyl sites for hydroxylation is 1. The second-order valence-corrected chi connectivity index (χ2v) is 7.14. The van der Waals surface area contributed by atoms with Crippen molar-refractivity contribution in [3.63, 3.8) is 0 Å². The minimum atomic E-state index is -1.11. The van der Waals surface area contributed by atoms with Crippen LogP contribution in [-0.4, -0.2) is 37.8 Å². The number of methoxy groups -OCH3 is 1. The second kappa shape index (κ2) is 11.0. The molecule has 6 nitrogen and oxygen atoms in total. The van der Waals surface area contributed by atoms with E-state index in [0.717, 1.165) is 47.2 Å². The molecule has 0 radical (unpaired) electrons. The van der Waals surface area contributed by atoms with Crippen LogP contribution in [0, 0.1) is 6.92 Å². The lowest BCUT2D eigenvalue weighted by molar-refractivity contribution is -0.135. The van der Waals surface area contributed by atoms with E-state index in [4.69, 9.17) is 9.84 Å². The van der Waals surface area contributed by atoms with Gasteiger partial charge in [0, 0.05) is 19.3 Å². The van der Waals surface area contributed by atoms with Gasteiger partial charge in [-0.05, 0) is 53.8 Å². The number of carbonyl (C=O) groups excluding carboxylic acids is 1. The number of hydrogen-bond acceptors (Lipinski definition) is 3. The first-order valence-corrected chi connectivity index (χ1v) is 10.1. The van der Waals surface area contributed by atoms with Gasteiger partial charge in [0.15, 0.2) is 0 Å². The Balaban J connectivity index is 2.20. The van der Waals surface area contributed by atoms with Gasteiger partial charge in [-0.2, -0.15) is 0 Å². The highest BCUT2D eigenvalue weighted by atomic mass is 16.5. The molecular weight excluding hydrogens is 380 g/mol. The molecule has 30 heavy (non-hydrogen) atoms. The van der Waals surface area contributed by atoms with Crippen LogP contribution in [0.2, 0.25) is 0 Å². The molecule has 6 heteroatoms. The summed E-state index contributed by atoms with van der Waals surface area (Å²) < 4.78 is 4.87. The average molecular weight is 411 g/mol. The van der Waals surface area contributed by atoms with Crippen LogP contribution in [0.4, 0.5) is 10.5 Å². The van der Waals surface area contributed by atoms with Crippen LogP contribution >= 0.6 is 0 Å².